The molecule has 2 N–H and O–H groups in total. The molecule has 1 unspecified atom stereocenters. The molecule has 0 aliphatic heterocycles. The Labute approximate surface area is 272 Å². The van der Waals surface area contributed by atoms with E-state index in [1.165, 1.54) is 180 Å². The minimum absolute atomic E-state index is 0. The molecule has 3 nitrogen and oxygen atoms in total. The molecule has 4 heteroatoms. The molecule has 42 heavy (non-hydrogen) atoms. The van der Waals surface area contributed by atoms with Gasteiger partial charge < -0.3 is 12.4 Å². The predicted octanol–water partition coefficient (Wildman–Crippen LogP) is 10.9. The van der Waals surface area contributed by atoms with Gasteiger partial charge in [0.2, 0.25) is 0 Å². The van der Waals surface area contributed by atoms with E-state index in [-0.39, 0.29) is 18.4 Å². The van der Waals surface area contributed by atoms with Crippen molar-refractivity contribution in [2.24, 2.45) is 0 Å². The fourth-order valence-electron chi connectivity index (χ4n) is 6.53. The summed E-state index contributed by atoms with van der Waals surface area (Å²) in [5.74, 6) is 0. The highest BCUT2D eigenvalue weighted by Crippen LogP contribution is 2.21. The molecule has 0 aliphatic rings. The van der Waals surface area contributed by atoms with E-state index >= 15 is 0 Å². The van der Waals surface area contributed by atoms with Gasteiger partial charge in [-0.1, -0.05) is 201 Å². The van der Waals surface area contributed by atoms with Gasteiger partial charge in [-0.05, 0) is 17.7 Å². The van der Waals surface area contributed by atoms with Crippen molar-refractivity contribution in [3.63, 3.8) is 0 Å². The van der Waals surface area contributed by atoms with Crippen molar-refractivity contribution < 1.29 is 27.6 Å². The lowest BCUT2D eigenvalue weighted by Gasteiger charge is -2.29. The summed E-state index contributed by atoms with van der Waals surface area (Å²) in [6.45, 7) is 7.19. The average Bonchev–Trinajstić information content (AvgIpc) is 2.96. The van der Waals surface area contributed by atoms with Crippen molar-refractivity contribution in [3.05, 3.63) is 0 Å². The summed E-state index contributed by atoms with van der Waals surface area (Å²) in [4.78, 5) is -0.742. The Bertz CT molecular complexity index is 488. The Morgan fingerprint density at radius 2 is 0.595 bits per heavy atom. The molecule has 0 saturated heterocycles. The Balaban J connectivity index is 0. The number of rotatable bonds is 35. The molecule has 0 radical (unpaired) electrons. The number of hydrogen-bond donors (Lipinski definition) is 2. The van der Waals surface area contributed by atoms with Gasteiger partial charge in [-0.2, -0.15) is 10.4 Å². The van der Waals surface area contributed by atoms with E-state index in [0.29, 0.717) is 6.54 Å². The van der Waals surface area contributed by atoms with E-state index in [1.54, 1.807) is 0 Å². The van der Waals surface area contributed by atoms with Crippen molar-refractivity contribution in [2.45, 2.75) is 239 Å². The third-order valence-corrected chi connectivity index (χ3v) is 9.54. The molecule has 0 aromatic carbocycles. The van der Waals surface area contributed by atoms with E-state index in [4.69, 9.17) is 0 Å². The summed E-state index contributed by atoms with van der Waals surface area (Å²) in [5, 5.41) is 21.4. The second-order valence-corrected chi connectivity index (χ2v) is 13.6. The Morgan fingerprint density at radius 3 is 0.857 bits per heavy atom. The van der Waals surface area contributed by atoms with E-state index in [1.807, 2.05) is 0 Å². The zero-order valence-electron chi connectivity index (χ0n) is 29.3. The zero-order chi connectivity index (χ0) is 30.1. The van der Waals surface area contributed by atoms with Crippen LogP contribution in [0.4, 0.5) is 0 Å². The molecular weight excluding hydrogens is 538 g/mol. The summed E-state index contributed by atoms with van der Waals surface area (Å²) >= 11 is 0. The van der Waals surface area contributed by atoms with Crippen molar-refractivity contribution in [1.82, 2.24) is 0 Å². The highest BCUT2D eigenvalue weighted by atomic mass is 35.5. The van der Waals surface area contributed by atoms with Gasteiger partial charge in [0.1, 0.15) is 6.54 Å². The first kappa shape index (κ1) is 44.3. The second-order valence-electron chi connectivity index (χ2n) is 13.6. The molecule has 256 valence electrons. The normalized spacial score (nSPS) is 12.5. The standard InChI is InChI=1S/C38H80NO2.ClH/c1-4-7-9-11-13-15-17-19-21-23-25-27-29-31-33-35-37-39(40,41)38(6-3)36-34-32-30-28-26-24-22-20-18-16-14-12-10-8-5-2;/h38,40-41H,4-37H2,1-3H3;1H/q+1;/p-1. The van der Waals surface area contributed by atoms with Gasteiger partial charge in [0.15, 0.2) is 6.04 Å². The van der Waals surface area contributed by atoms with Gasteiger partial charge in [0.25, 0.3) is 0 Å². The van der Waals surface area contributed by atoms with Crippen LogP contribution in [0.3, 0.4) is 0 Å². The molecule has 0 bridgehead atoms. The number of quaternary nitrogens is 1. The molecule has 0 aromatic rings. The summed E-state index contributed by atoms with van der Waals surface area (Å²) in [5.41, 5.74) is 0. The van der Waals surface area contributed by atoms with Gasteiger partial charge >= 0.3 is 0 Å². The van der Waals surface area contributed by atoms with Gasteiger partial charge in [-0.25, -0.2) is 0 Å². The average molecular weight is 619 g/mol. The monoisotopic (exact) mass is 618 g/mol. The number of nitrogens with zero attached hydrogens (tertiary/aromatic N) is 1. The first-order chi connectivity index (χ1) is 20.1. The van der Waals surface area contributed by atoms with Crippen LogP contribution in [0.1, 0.15) is 233 Å². The predicted molar refractivity (Wildman–Crippen MR) is 182 cm³/mol. The fraction of sp³-hybridized carbons (Fsp3) is 1.00. The van der Waals surface area contributed by atoms with Crippen molar-refractivity contribution in [1.29, 1.82) is 0 Å². The molecule has 0 aliphatic carbocycles. The van der Waals surface area contributed by atoms with Gasteiger partial charge in [0.05, 0.1) is 0 Å². The minimum Gasteiger partial charge on any atom is -1.00 e. The van der Waals surface area contributed by atoms with Crippen LogP contribution in [0, 0.1) is 0 Å². The maximum absolute atomic E-state index is 10.7. The lowest BCUT2D eigenvalue weighted by atomic mass is 10.0. The van der Waals surface area contributed by atoms with Crippen molar-refractivity contribution in [3.8, 4) is 0 Å². The van der Waals surface area contributed by atoms with E-state index in [9.17, 15) is 10.4 Å². The summed E-state index contributed by atoms with van der Waals surface area (Å²) in [6.07, 6.45) is 44.0. The Kier molecular flexibility index (Phi) is 37.6. The lowest BCUT2D eigenvalue weighted by Crippen LogP contribution is -3.00. The van der Waals surface area contributed by atoms with Crippen LogP contribution in [-0.4, -0.2) is 27.8 Å². The molecule has 0 spiro atoms. The van der Waals surface area contributed by atoms with Crippen LogP contribution in [0.2, 0.25) is 0 Å². The maximum atomic E-state index is 10.7. The van der Waals surface area contributed by atoms with Crippen LogP contribution in [0.25, 0.3) is 0 Å². The minimum atomic E-state index is -0.742. The summed E-state index contributed by atoms with van der Waals surface area (Å²) in [7, 11) is 0. The van der Waals surface area contributed by atoms with Crippen LogP contribution in [0.5, 0.6) is 0 Å². The van der Waals surface area contributed by atoms with Crippen LogP contribution >= 0.6 is 0 Å². The number of halogens is 1. The smallest absolute Gasteiger partial charge is 0.151 e. The Morgan fingerprint density at radius 1 is 0.357 bits per heavy atom. The van der Waals surface area contributed by atoms with Gasteiger partial charge in [-0.3, -0.25) is 0 Å². The quantitative estimate of drug-likeness (QED) is 0.0422. The zero-order valence-corrected chi connectivity index (χ0v) is 30.1. The molecule has 0 fully saturated rings. The number of hydrogen-bond acceptors (Lipinski definition) is 2. The largest absolute Gasteiger partial charge is 1.00 e. The number of unbranched alkanes of at least 4 members (excludes halogenated alkanes) is 29. The molecule has 0 amide bonds. The SMILES string of the molecule is CCCCCCCCCCCCCCCCCC[N+](O)(O)C(CC)CCCCCCCCCCCCCCCCC.[Cl-]. The molecule has 0 aromatic heterocycles. The van der Waals surface area contributed by atoms with E-state index < -0.39 is 4.81 Å². The molecular formula is C38H80ClNO2. The van der Waals surface area contributed by atoms with Gasteiger partial charge in [0, 0.05) is 19.3 Å². The lowest BCUT2D eigenvalue weighted by molar-refractivity contribution is -1.26. The first-order valence-corrected chi connectivity index (χ1v) is 19.4. The van der Waals surface area contributed by atoms with Crippen LogP contribution in [0.15, 0.2) is 0 Å². The third kappa shape index (κ3) is 31.6. The van der Waals surface area contributed by atoms with Crippen molar-refractivity contribution in [2.75, 3.05) is 6.54 Å². The Hall–Kier alpha value is 0.170. The summed E-state index contributed by atoms with van der Waals surface area (Å²) < 4.78 is 0. The fourth-order valence-corrected chi connectivity index (χ4v) is 6.53. The van der Waals surface area contributed by atoms with E-state index in [0.717, 1.165) is 32.1 Å². The van der Waals surface area contributed by atoms with Crippen LogP contribution in [-0.2, 0) is 0 Å². The molecule has 1 atom stereocenters. The highest BCUT2D eigenvalue weighted by molar-refractivity contribution is 4.57. The van der Waals surface area contributed by atoms with Crippen LogP contribution < -0.4 is 12.4 Å². The van der Waals surface area contributed by atoms with E-state index in [2.05, 4.69) is 20.8 Å². The van der Waals surface area contributed by atoms with Crippen molar-refractivity contribution >= 4 is 0 Å². The highest BCUT2D eigenvalue weighted by Gasteiger charge is 2.32. The molecule has 0 heterocycles. The second kappa shape index (κ2) is 35.6. The maximum Gasteiger partial charge on any atom is 0.151 e. The molecule has 0 saturated carbocycles. The number of hydroxylamine groups is 4. The third-order valence-electron chi connectivity index (χ3n) is 9.54. The summed E-state index contributed by atoms with van der Waals surface area (Å²) in [6, 6.07) is -0.0201. The first-order valence-electron chi connectivity index (χ1n) is 19.4. The topological polar surface area (TPSA) is 40.5 Å². The van der Waals surface area contributed by atoms with Gasteiger partial charge in [-0.15, -0.1) is 0 Å². The molecule has 0 rings (SSSR count).